The van der Waals surface area contributed by atoms with Crippen LogP contribution in [0, 0.1) is 0 Å². The molecule has 3 nitrogen and oxygen atoms in total. The number of nitrogens with zero attached hydrogens (tertiary/aromatic N) is 1. The maximum Gasteiger partial charge on any atom is 0.241 e. The summed E-state index contributed by atoms with van der Waals surface area (Å²) in [6.45, 7) is 1.35. The van der Waals surface area contributed by atoms with Gasteiger partial charge in [-0.05, 0) is 23.8 Å². The zero-order chi connectivity index (χ0) is 14.8. The lowest BCUT2D eigenvalue weighted by Gasteiger charge is -2.23. The van der Waals surface area contributed by atoms with Gasteiger partial charge in [0.2, 0.25) is 5.91 Å². The maximum absolute atomic E-state index is 12.4. The topological polar surface area (TPSA) is 32.3 Å². The molecule has 1 amide bonds. The monoisotopic (exact) mass is 320 g/mol. The van der Waals surface area contributed by atoms with E-state index < -0.39 is 0 Å². The van der Waals surface area contributed by atoms with E-state index in [0.717, 1.165) is 16.8 Å². The van der Waals surface area contributed by atoms with Crippen molar-refractivity contribution >= 4 is 34.8 Å². The number of fused-ring (bicyclic) bond motifs is 1. The molecule has 0 aromatic heterocycles. The van der Waals surface area contributed by atoms with Crippen LogP contribution in [0.3, 0.4) is 0 Å². The number of hydrogen-bond donors (Lipinski definition) is 1. The van der Waals surface area contributed by atoms with Crippen molar-refractivity contribution in [3.8, 4) is 0 Å². The van der Waals surface area contributed by atoms with Gasteiger partial charge >= 0.3 is 0 Å². The number of carbonyl (C=O) groups excluding carboxylic acids is 1. The minimum atomic E-state index is 0.0101. The third kappa shape index (κ3) is 2.91. The first-order valence-electron chi connectivity index (χ1n) is 6.68. The van der Waals surface area contributed by atoms with Gasteiger partial charge in [-0.2, -0.15) is 0 Å². The van der Waals surface area contributed by atoms with Gasteiger partial charge in [0.15, 0.2) is 0 Å². The Morgan fingerprint density at radius 2 is 1.71 bits per heavy atom. The summed E-state index contributed by atoms with van der Waals surface area (Å²) in [5, 5.41) is 4.29. The number of nitrogens with one attached hydrogen (secondary N) is 1. The Morgan fingerprint density at radius 1 is 1.00 bits per heavy atom. The predicted octanol–water partition coefficient (Wildman–Crippen LogP) is 3.63. The minimum absolute atomic E-state index is 0.0101. The van der Waals surface area contributed by atoms with Crippen LogP contribution < -0.4 is 10.2 Å². The second-order valence-corrected chi connectivity index (χ2v) is 5.73. The Kier molecular flexibility index (Phi) is 4.15. The zero-order valence-corrected chi connectivity index (χ0v) is 12.8. The van der Waals surface area contributed by atoms with E-state index in [2.05, 4.69) is 5.32 Å². The first-order chi connectivity index (χ1) is 10.2. The smallest absolute Gasteiger partial charge is 0.241 e. The number of hydrogen-bond acceptors (Lipinski definition) is 2. The van der Waals surface area contributed by atoms with Crippen LogP contribution in [0.1, 0.15) is 11.1 Å². The number of halogens is 2. The number of rotatable bonds is 2. The predicted molar refractivity (Wildman–Crippen MR) is 85.8 cm³/mol. The van der Waals surface area contributed by atoms with Crippen molar-refractivity contribution in [2.45, 2.75) is 13.1 Å². The molecule has 0 saturated heterocycles. The Balaban J connectivity index is 2.02. The van der Waals surface area contributed by atoms with Gasteiger partial charge in [-0.1, -0.05) is 47.5 Å². The molecule has 0 saturated carbocycles. The van der Waals surface area contributed by atoms with Gasteiger partial charge in [-0.15, -0.1) is 0 Å². The average molecular weight is 321 g/mol. The SMILES string of the molecule is O=C1CNCc2ccccc2N1Cc1c(Cl)cccc1Cl. The van der Waals surface area contributed by atoms with Crippen molar-refractivity contribution in [1.29, 1.82) is 0 Å². The lowest BCUT2D eigenvalue weighted by molar-refractivity contribution is -0.117. The largest absolute Gasteiger partial charge is 0.306 e. The number of para-hydroxylation sites is 1. The molecule has 1 heterocycles. The molecular weight excluding hydrogens is 307 g/mol. The minimum Gasteiger partial charge on any atom is -0.306 e. The van der Waals surface area contributed by atoms with E-state index >= 15 is 0 Å². The molecule has 2 aromatic rings. The Bertz CT molecular complexity index is 667. The third-order valence-electron chi connectivity index (χ3n) is 3.55. The quantitative estimate of drug-likeness (QED) is 0.916. The summed E-state index contributed by atoms with van der Waals surface area (Å²) in [6.07, 6.45) is 0. The highest BCUT2D eigenvalue weighted by atomic mass is 35.5. The van der Waals surface area contributed by atoms with Crippen LogP contribution in [-0.2, 0) is 17.9 Å². The Hall–Kier alpha value is -1.55. The van der Waals surface area contributed by atoms with E-state index in [1.807, 2.05) is 24.3 Å². The molecule has 0 spiro atoms. The molecular formula is C16H14Cl2N2O. The molecule has 0 fully saturated rings. The second kappa shape index (κ2) is 6.06. The van der Waals surface area contributed by atoms with Crippen LogP contribution in [0.4, 0.5) is 5.69 Å². The fourth-order valence-electron chi connectivity index (χ4n) is 2.47. The van der Waals surface area contributed by atoms with Crippen molar-refractivity contribution in [3.63, 3.8) is 0 Å². The van der Waals surface area contributed by atoms with E-state index in [1.165, 1.54) is 0 Å². The van der Waals surface area contributed by atoms with E-state index in [4.69, 9.17) is 23.2 Å². The highest BCUT2D eigenvalue weighted by Gasteiger charge is 2.23. The van der Waals surface area contributed by atoms with Gasteiger partial charge in [-0.25, -0.2) is 0 Å². The van der Waals surface area contributed by atoms with E-state index in [9.17, 15) is 4.79 Å². The molecule has 1 aliphatic heterocycles. The highest BCUT2D eigenvalue weighted by Crippen LogP contribution is 2.30. The van der Waals surface area contributed by atoms with Gasteiger partial charge in [-0.3, -0.25) is 4.79 Å². The standard InChI is InChI=1S/C16H14Cl2N2O/c17-13-5-3-6-14(18)12(13)10-20-15-7-2-1-4-11(15)8-19-9-16(20)21/h1-7,19H,8-10H2. The van der Waals surface area contributed by atoms with Crippen molar-refractivity contribution in [2.24, 2.45) is 0 Å². The molecule has 1 N–H and O–H groups in total. The first-order valence-corrected chi connectivity index (χ1v) is 7.44. The molecule has 108 valence electrons. The van der Waals surface area contributed by atoms with E-state index in [1.54, 1.807) is 23.1 Å². The van der Waals surface area contributed by atoms with Gasteiger partial charge in [0, 0.05) is 27.8 Å². The van der Waals surface area contributed by atoms with Gasteiger partial charge in [0.1, 0.15) is 0 Å². The van der Waals surface area contributed by atoms with Crippen molar-refractivity contribution in [1.82, 2.24) is 5.32 Å². The highest BCUT2D eigenvalue weighted by molar-refractivity contribution is 6.36. The van der Waals surface area contributed by atoms with Crippen LogP contribution in [-0.4, -0.2) is 12.5 Å². The summed E-state index contributed by atoms with van der Waals surface area (Å²) in [4.78, 5) is 14.1. The summed E-state index contributed by atoms with van der Waals surface area (Å²) in [5.74, 6) is 0.0101. The summed E-state index contributed by atoms with van der Waals surface area (Å²) in [5.41, 5.74) is 2.76. The summed E-state index contributed by atoms with van der Waals surface area (Å²) in [7, 11) is 0. The summed E-state index contributed by atoms with van der Waals surface area (Å²) in [6, 6.07) is 13.2. The normalized spacial score (nSPS) is 14.8. The molecule has 21 heavy (non-hydrogen) atoms. The van der Waals surface area contributed by atoms with Crippen LogP contribution in [0.25, 0.3) is 0 Å². The maximum atomic E-state index is 12.4. The van der Waals surface area contributed by atoms with Crippen LogP contribution in [0.15, 0.2) is 42.5 Å². The van der Waals surface area contributed by atoms with E-state index in [-0.39, 0.29) is 5.91 Å². The first kappa shape index (κ1) is 14.4. The fraction of sp³-hybridized carbons (Fsp3) is 0.188. The number of anilines is 1. The zero-order valence-electron chi connectivity index (χ0n) is 11.3. The number of amides is 1. The van der Waals surface area contributed by atoms with Gasteiger partial charge in [0.25, 0.3) is 0 Å². The Morgan fingerprint density at radius 3 is 2.48 bits per heavy atom. The molecule has 5 heteroatoms. The summed E-state index contributed by atoms with van der Waals surface area (Å²) >= 11 is 12.5. The molecule has 0 aliphatic carbocycles. The van der Waals surface area contributed by atoms with Crippen LogP contribution in [0.2, 0.25) is 10.0 Å². The van der Waals surface area contributed by atoms with E-state index in [0.29, 0.717) is 29.7 Å². The summed E-state index contributed by atoms with van der Waals surface area (Å²) < 4.78 is 0. The molecule has 0 bridgehead atoms. The second-order valence-electron chi connectivity index (χ2n) is 4.91. The van der Waals surface area contributed by atoms with Crippen molar-refractivity contribution in [3.05, 3.63) is 63.6 Å². The lowest BCUT2D eigenvalue weighted by Crippen LogP contribution is -2.35. The van der Waals surface area contributed by atoms with Crippen molar-refractivity contribution in [2.75, 3.05) is 11.4 Å². The Labute approximate surface area is 133 Å². The molecule has 2 aromatic carbocycles. The van der Waals surface area contributed by atoms with Crippen LogP contribution in [0.5, 0.6) is 0 Å². The average Bonchev–Trinajstić information content (AvgIpc) is 2.62. The lowest BCUT2D eigenvalue weighted by atomic mass is 10.1. The van der Waals surface area contributed by atoms with Gasteiger partial charge in [0.05, 0.1) is 13.1 Å². The van der Waals surface area contributed by atoms with Crippen molar-refractivity contribution < 1.29 is 4.79 Å². The number of benzene rings is 2. The van der Waals surface area contributed by atoms with Gasteiger partial charge < -0.3 is 10.2 Å². The third-order valence-corrected chi connectivity index (χ3v) is 4.26. The fourth-order valence-corrected chi connectivity index (χ4v) is 2.99. The molecule has 0 unspecified atom stereocenters. The molecule has 3 rings (SSSR count). The van der Waals surface area contributed by atoms with Crippen LogP contribution >= 0.6 is 23.2 Å². The number of carbonyl (C=O) groups is 1. The molecule has 0 radical (unpaired) electrons. The molecule has 0 atom stereocenters. The molecule has 1 aliphatic rings.